The molecule has 41 heavy (non-hydrogen) atoms. The standard InChI is InChI=1S/C32H43N5O4/c1-6-7-17-39-23-18-22-11-8-9-12-24(22)28(19-23)36-16-14-25-26(20-36)34-30(35-29(25)33)40-21(2)27-13-10-15-37(27)31(38)41-32(3,4)5/h8-9,11-12,18-19,21,27H,6-7,10,13-17,20H2,1-5H3,(H2,33,34,35)/t21-,27-/m1/s1. The Bertz CT molecular complexity index is 1390. The summed E-state index contributed by atoms with van der Waals surface area (Å²) >= 11 is 0. The molecule has 2 aromatic carbocycles. The number of carbonyl (C=O) groups excluding carboxylic acids is 1. The van der Waals surface area contributed by atoms with E-state index in [2.05, 4.69) is 53.2 Å². The highest BCUT2D eigenvalue weighted by atomic mass is 16.6. The summed E-state index contributed by atoms with van der Waals surface area (Å²) in [6.07, 6.45) is 3.95. The summed E-state index contributed by atoms with van der Waals surface area (Å²) in [5, 5.41) is 2.32. The Hall–Kier alpha value is -3.75. The van der Waals surface area contributed by atoms with Gasteiger partial charge in [-0.3, -0.25) is 0 Å². The summed E-state index contributed by atoms with van der Waals surface area (Å²) in [6, 6.07) is 12.8. The molecule has 0 saturated carbocycles. The fourth-order valence-corrected chi connectivity index (χ4v) is 5.71. The SMILES string of the molecule is CCCCOc1cc(N2CCc3c(N)nc(O[C@H](C)[C@H]4CCCN4C(=O)OC(C)(C)C)nc3C2)c2ccccc2c1. The van der Waals surface area contributed by atoms with E-state index in [0.717, 1.165) is 66.7 Å². The topological polar surface area (TPSA) is 103 Å². The third-order valence-corrected chi connectivity index (χ3v) is 7.76. The van der Waals surface area contributed by atoms with Crippen LogP contribution in [0.4, 0.5) is 16.3 Å². The molecule has 2 aliphatic heterocycles. The average Bonchev–Trinajstić information content (AvgIpc) is 3.42. The molecule has 0 spiro atoms. The van der Waals surface area contributed by atoms with Crippen LogP contribution in [0.2, 0.25) is 0 Å². The maximum Gasteiger partial charge on any atom is 0.410 e. The molecule has 2 aliphatic rings. The van der Waals surface area contributed by atoms with Crippen LogP contribution in [0.1, 0.15) is 71.6 Å². The van der Waals surface area contributed by atoms with Crippen molar-refractivity contribution in [3.8, 4) is 11.8 Å². The number of hydrogen-bond donors (Lipinski definition) is 1. The summed E-state index contributed by atoms with van der Waals surface area (Å²) < 4.78 is 18.0. The van der Waals surface area contributed by atoms with E-state index in [9.17, 15) is 4.79 Å². The van der Waals surface area contributed by atoms with Gasteiger partial charge in [0.05, 0.1) is 24.9 Å². The van der Waals surface area contributed by atoms with Crippen LogP contribution in [0.25, 0.3) is 10.8 Å². The smallest absolute Gasteiger partial charge is 0.410 e. The molecule has 0 unspecified atom stereocenters. The van der Waals surface area contributed by atoms with Crippen molar-refractivity contribution in [1.82, 2.24) is 14.9 Å². The van der Waals surface area contributed by atoms with Gasteiger partial charge in [0.2, 0.25) is 0 Å². The van der Waals surface area contributed by atoms with Crippen LogP contribution >= 0.6 is 0 Å². The number of amides is 1. The van der Waals surface area contributed by atoms with Crippen molar-refractivity contribution in [2.45, 2.75) is 91.0 Å². The van der Waals surface area contributed by atoms with Gasteiger partial charge in [-0.1, -0.05) is 37.6 Å². The Labute approximate surface area is 243 Å². The average molecular weight is 562 g/mol. The van der Waals surface area contributed by atoms with Crippen molar-refractivity contribution >= 4 is 28.4 Å². The van der Waals surface area contributed by atoms with Crippen LogP contribution in [-0.4, -0.2) is 58.4 Å². The maximum atomic E-state index is 12.8. The molecule has 1 aromatic heterocycles. The second kappa shape index (κ2) is 12.0. The second-order valence-corrected chi connectivity index (χ2v) is 12.1. The van der Waals surface area contributed by atoms with Gasteiger partial charge >= 0.3 is 12.1 Å². The van der Waals surface area contributed by atoms with Crippen LogP contribution in [0.5, 0.6) is 11.8 Å². The summed E-state index contributed by atoms with van der Waals surface area (Å²) in [6.45, 7) is 12.5. The third kappa shape index (κ3) is 6.60. The second-order valence-electron chi connectivity index (χ2n) is 12.1. The van der Waals surface area contributed by atoms with E-state index >= 15 is 0 Å². The van der Waals surface area contributed by atoms with Gasteiger partial charge in [-0.25, -0.2) is 4.79 Å². The molecule has 2 N–H and O–H groups in total. The van der Waals surface area contributed by atoms with E-state index in [1.807, 2.05) is 27.7 Å². The molecule has 9 heteroatoms. The van der Waals surface area contributed by atoms with Crippen LogP contribution < -0.4 is 20.1 Å². The van der Waals surface area contributed by atoms with E-state index in [0.29, 0.717) is 25.5 Å². The highest BCUT2D eigenvalue weighted by Gasteiger charge is 2.37. The van der Waals surface area contributed by atoms with Crippen molar-refractivity contribution in [2.75, 3.05) is 30.3 Å². The number of hydrogen-bond acceptors (Lipinski definition) is 8. The lowest BCUT2D eigenvalue weighted by Crippen LogP contribution is -2.46. The minimum atomic E-state index is -0.553. The lowest BCUT2D eigenvalue weighted by molar-refractivity contribution is 0.0102. The fourth-order valence-electron chi connectivity index (χ4n) is 5.71. The summed E-state index contributed by atoms with van der Waals surface area (Å²) in [5.41, 5.74) is 8.83. The van der Waals surface area contributed by atoms with Crippen LogP contribution in [0, 0.1) is 0 Å². The zero-order chi connectivity index (χ0) is 29.1. The molecule has 0 aliphatic carbocycles. The highest BCUT2D eigenvalue weighted by Crippen LogP contribution is 2.36. The third-order valence-electron chi connectivity index (χ3n) is 7.76. The van der Waals surface area contributed by atoms with Crippen LogP contribution in [-0.2, 0) is 17.7 Å². The van der Waals surface area contributed by atoms with Crippen LogP contribution in [0.15, 0.2) is 36.4 Å². The predicted molar refractivity (Wildman–Crippen MR) is 162 cm³/mol. The Morgan fingerprint density at radius 2 is 1.98 bits per heavy atom. The molecule has 3 heterocycles. The molecule has 1 amide bonds. The Balaban J connectivity index is 1.36. The van der Waals surface area contributed by atoms with Gasteiger partial charge in [0, 0.05) is 35.8 Å². The number of nitrogens with two attached hydrogens (primary N) is 1. The first kappa shape index (κ1) is 28.8. The molecule has 5 rings (SSSR count). The zero-order valence-electron chi connectivity index (χ0n) is 25.0. The lowest BCUT2D eigenvalue weighted by Gasteiger charge is -2.33. The molecular formula is C32H43N5O4. The summed E-state index contributed by atoms with van der Waals surface area (Å²) in [7, 11) is 0. The number of benzene rings is 2. The minimum absolute atomic E-state index is 0.121. The number of fused-ring (bicyclic) bond motifs is 2. The van der Waals surface area contributed by atoms with Gasteiger partial charge in [-0.05, 0) is 64.8 Å². The first-order valence-electron chi connectivity index (χ1n) is 14.8. The maximum absolute atomic E-state index is 12.8. The van der Waals surface area contributed by atoms with Crippen molar-refractivity contribution in [3.63, 3.8) is 0 Å². The number of aromatic nitrogens is 2. The molecule has 1 fully saturated rings. The number of anilines is 2. The van der Waals surface area contributed by atoms with Gasteiger partial charge in [0.25, 0.3) is 0 Å². The van der Waals surface area contributed by atoms with Gasteiger partial charge < -0.3 is 29.7 Å². The number of nitrogens with zero attached hydrogens (tertiary/aromatic N) is 4. The van der Waals surface area contributed by atoms with E-state index < -0.39 is 5.60 Å². The Morgan fingerprint density at radius 1 is 1.17 bits per heavy atom. The number of rotatable bonds is 8. The van der Waals surface area contributed by atoms with Gasteiger partial charge in [-0.2, -0.15) is 9.97 Å². The van der Waals surface area contributed by atoms with E-state index in [-0.39, 0.29) is 24.2 Å². The first-order chi connectivity index (χ1) is 19.6. The highest BCUT2D eigenvalue weighted by molar-refractivity contribution is 5.95. The van der Waals surface area contributed by atoms with E-state index in [1.165, 1.54) is 5.39 Å². The number of ether oxygens (including phenoxy) is 3. The fraction of sp³-hybridized carbons (Fsp3) is 0.531. The molecule has 0 bridgehead atoms. The lowest BCUT2D eigenvalue weighted by atomic mass is 10.0. The quantitative estimate of drug-likeness (QED) is 0.328. The molecule has 2 atom stereocenters. The number of nitrogen functional groups attached to an aromatic ring is 1. The normalized spacial score (nSPS) is 17.8. The molecular weight excluding hydrogens is 518 g/mol. The molecule has 3 aromatic rings. The van der Waals surface area contributed by atoms with E-state index in [4.69, 9.17) is 24.9 Å². The van der Waals surface area contributed by atoms with Crippen molar-refractivity contribution in [2.24, 2.45) is 0 Å². The van der Waals surface area contributed by atoms with Gasteiger partial charge in [0.1, 0.15) is 23.3 Å². The number of likely N-dealkylation sites (tertiary alicyclic amines) is 1. The number of carbonyl (C=O) groups is 1. The Kier molecular flexibility index (Phi) is 8.42. The molecule has 1 saturated heterocycles. The van der Waals surface area contributed by atoms with Gasteiger partial charge in [-0.15, -0.1) is 0 Å². The van der Waals surface area contributed by atoms with Crippen LogP contribution in [0.3, 0.4) is 0 Å². The van der Waals surface area contributed by atoms with Crippen molar-refractivity contribution in [3.05, 3.63) is 47.7 Å². The minimum Gasteiger partial charge on any atom is -0.493 e. The van der Waals surface area contributed by atoms with E-state index in [1.54, 1.807) is 4.90 Å². The monoisotopic (exact) mass is 561 g/mol. The first-order valence-corrected chi connectivity index (χ1v) is 14.8. The molecule has 9 nitrogen and oxygen atoms in total. The molecule has 220 valence electrons. The Morgan fingerprint density at radius 3 is 2.76 bits per heavy atom. The zero-order valence-corrected chi connectivity index (χ0v) is 25.0. The van der Waals surface area contributed by atoms with Crippen molar-refractivity contribution in [1.29, 1.82) is 0 Å². The van der Waals surface area contributed by atoms with Crippen molar-refractivity contribution < 1.29 is 19.0 Å². The van der Waals surface area contributed by atoms with Gasteiger partial charge in [0.15, 0.2) is 0 Å². The largest absolute Gasteiger partial charge is 0.493 e. The predicted octanol–water partition coefficient (Wildman–Crippen LogP) is 6.12. The summed E-state index contributed by atoms with van der Waals surface area (Å²) in [4.78, 5) is 26.2. The summed E-state index contributed by atoms with van der Waals surface area (Å²) in [5.74, 6) is 1.33. The molecule has 0 radical (unpaired) electrons. The number of unbranched alkanes of at least 4 members (excludes halogenated alkanes) is 1.